The summed E-state index contributed by atoms with van der Waals surface area (Å²) in [7, 11) is 2.17. The highest BCUT2D eigenvalue weighted by atomic mass is 32.2. The summed E-state index contributed by atoms with van der Waals surface area (Å²) in [5, 5.41) is 8.68. The molecule has 0 aliphatic carbocycles. The summed E-state index contributed by atoms with van der Waals surface area (Å²) in [5.41, 5.74) is 0. The molecule has 1 saturated heterocycles. The lowest BCUT2D eigenvalue weighted by Gasteiger charge is -2.30. The largest absolute Gasteiger partial charge is 0.299 e. The van der Waals surface area contributed by atoms with E-state index in [0.29, 0.717) is 18.5 Å². The van der Waals surface area contributed by atoms with Gasteiger partial charge in [0.25, 0.3) is 0 Å². The van der Waals surface area contributed by atoms with Gasteiger partial charge in [0.05, 0.1) is 12.5 Å². The zero-order valence-corrected chi connectivity index (χ0v) is 9.31. The fourth-order valence-corrected chi connectivity index (χ4v) is 3.10. The van der Waals surface area contributed by atoms with E-state index < -0.39 is 0 Å². The van der Waals surface area contributed by atoms with E-state index in [-0.39, 0.29) is 0 Å². The van der Waals surface area contributed by atoms with Crippen molar-refractivity contribution in [2.45, 2.75) is 38.3 Å². The Kier molecular flexibility index (Phi) is 4.61. The van der Waals surface area contributed by atoms with Crippen molar-refractivity contribution in [3.63, 3.8) is 0 Å². The van der Waals surface area contributed by atoms with Crippen LogP contribution in [0.25, 0.3) is 0 Å². The third-order valence-corrected chi connectivity index (χ3v) is 4.00. The molecule has 0 amide bonds. The summed E-state index contributed by atoms with van der Waals surface area (Å²) in [5.74, 6) is 2.54. The fraction of sp³-hybridized carbons (Fsp3) is 0.900. The number of nitriles is 1. The molecule has 13 heavy (non-hydrogen) atoms. The van der Waals surface area contributed by atoms with E-state index in [0.717, 1.165) is 6.42 Å². The zero-order valence-electron chi connectivity index (χ0n) is 8.49. The van der Waals surface area contributed by atoms with Gasteiger partial charge in [-0.05, 0) is 25.6 Å². The minimum Gasteiger partial charge on any atom is -0.299 e. The Hall–Kier alpha value is -0.200. The molecule has 0 N–H and O–H groups in total. The molecule has 1 rings (SSSR count). The molecule has 0 bridgehead atoms. The predicted octanol–water partition coefficient (Wildman–Crippen LogP) is 2.12. The molecule has 0 aromatic carbocycles. The van der Waals surface area contributed by atoms with Crippen LogP contribution in [0, 0.1) is 11.3 Å². The van der Waals surface area contributed by atoms with Crippen molar-refractivity contribution in [1.29, 1.82) is 5.26 Å². The van der Waals surface area contributed by atoms with Crippen LogP contribution in [0.3, 0.4) is 0 Å². The van der Waals surface area contributed by atoms with E-state index in [1.165, 1.54) is 17.9 Å². The highest BCUT2D eigenvalue weighted by Gasteiger charge is 2.24. The lowest BCUT2D eigenvalue weighted by molar-refractivity contribution is 0.184. The Bertz CT molecular complexity index is 182. The first kappa shape index (κ1) is 10.9. The zero-order chi connectivity index (χ0) is 9.68. The third-order valence-electron chi connectivity index (χ3n) is 2.86. The van der Waals surface area contributed by atoms with E-state index in [1.54, 1.807) is 0 Å². The van der Waals surface area contributed by atoms with E-state index in [1.807, 2.05) is 11.8 Å². The van der Waals surface area contributed by atoms with Gasteiger partial charge in [0.1, 0.15) is 0 Å². The first-order valence-corrected chi connectivity index (χ1v) is 6.11. The summed E-state index contributed by atoms with van der Waals surface area (Å²) in [6.45, 7) is 2.17. The fourth-order valence-electron chi connectivity index (χ4n) is 1.82. The van der Waals surface area contributed by atoms with Gasteiger partial charge in [0, 0.05) is 17.8 Å². The smallest absolute Gasteiger partial charge is 0.0638 e. The van der Waals surface area contributed by atoms with Crippen LogP contribution in [0.5, 0.6) is 0 Å². The van der Waals surface area contributed by atoms with Crippen molar-refractivity contribution < 1.29 is 0 Å². The molecule has 1 aliphatic heterocycles. The molecule has 0 aromatic rings. The Morgan fingerprint density at radius 3 is 2.92 bits per heavy atom. The maximum absolute atomic E-state index is 8.68. The average Bonchev–Trinajstić information content (AvgIpc) is 2.65. The Morgan fingerprint density at radius 1 is 1.69 bits per heavy atom. The lowest BCUT2D eigenvalue weighted by Crippen LogP contribution is -2.39. The molecule has 1 fully saturated rings. The molecule has 0 aromatic heterocycles. The minimum absolute atomic E-state index is 0.466. The van der Waals surface area contributed by atoms with Crippen LogP contribution in [0.15, 0.2) is 0 Å². The molecule has 3 heteroatoms. The topological polar surface area (TPSA) is 27.0 Å². The second-order valence-corrected chi connectivity index (χ2v) is 4.76. The van der Waals surface area contributed by atoms with E-state index in [2.05, 4.69) is 24.9 Å². The Balaban J connectivity index is 2.42. The first-order valence-electron chi connectivity index (χ1n) is 4.96. The molecular formula is C10H18N2S. The maximum atomic E-state index is 8.68. The SMILES string of the molecule is CCC(CC#N)N(C)C1CCSC1. The van der Waals surface area contributed by atoms with Crippen LogP contribution >= 0.6 is 11.8 Å². The first-order chi connectivity index (χ1) is 6.29. The van der Waals surface area contributed by atoms with Gasteiger partial charge in [-0.2, -0.15) is 17.0 Å². The summed E-state index contributed by atoms with van der Waals surface area (Å²) >= 11 is 2.03. The molecule has 1 aliphatic rings. The van der Waals surface area contributed by atoms with Gasteiger partial charge < -0.3 is 0 Å². The van der Waals surface area contributed by atoms with Crippen molar-refractivity contribution in [3.05, 3.63) is 0 Å². The molecule has 74 valence electrons. The van der Waals surface area contributed by atoms with E-state index in [4.69, 9.17) is 5.26 Å². The van der Waals surface area contributed by atoms with Crippen LogP contribution in [-0.4, -0.2) is 35.5 Å². The molecule has 0 spiro atoms. The van der Waals surface area contributed by atoms with Gasteiger partial charge >= 0.3 is 0 Å². The number of thioether (sulfide) groups is 1. The summed E-state index contributed by atoms with van der Waals surface area (Å²) in [6.07, 6.45) is 3.06. The molecular weight excluding hydrogens is 180 g/mol. The van der Waals surface area contributed by atoms with Crippen molar-refractivity contribution in [3.8, 4) is 6.07 Å². The van der Waals surface area contributed by atoms with Gasteiger partial charge in [0.2, 0.25) is 0 Å². The van der Waals surface area contributed by atoms with Crippen LogP contribution in [0.2, 0.25) is 0 Å². The third kappa shape index (κ3) is 2.89. The number of nitrogens with zero attached hydrogens (tertiary/aromatic N) is 2. The molecule has 0 saturated carbocycles. The molecule has 2 unspecified atom stereocenters. The van der Waals surface area contributed by atoms with Crippen molar-refractivity contribution >= 4 is 11.8 Å². The van der Waals surface area contributed by atoms with Crippen molar-refractivity contribution in [1.82, 2.24) is 4.90 Å². The van der Waals surface area contributed by atoms with Crippen molar-refractivity contribution in [2.75, 3.05) is 18.6 Å². The maximum Gasteiger partial charge on any atom is 0.0638 e. The van der Waals surface area contributed by atoms with E-state index in [9.17, 15) is 0 Å². The molecule has 0 radical (unpaired) electrons. The van der Waals surface area contributed by atoms with Gasteiger partial charge in [0.15, 0.2) is 0 Å². The monoisotopic (exact) mass is 198 g/mol. The number of hydrogen-bond acceptors (Lipinski definition) is 3. The molecule has 2 nitrogen and oxygen atoms in total. The summed E-state index contributed by atoms with van der Waals surface area (Å²) in [6, 6.07) is 3.45. The second kappa shape index (κ2) is 5.51. The second-order valence-electron chi connectivity index (χ2n) is 3.61. The minimum atomic E-state index is 0.466. The van der Waals surface area contributed by atoms with Crippen LogP contribution in [0.4, 0.5) is 0 Å². The van der Waals surface area contributed by atoms with Gasteiger partial charge in [-0.15, -0.1) is 0 Å². The highest BCUT2D eigenvalue weighted by Crippen LogP contribution is 2.24. The van der Waals surface area contributed by atoms with Crippen LogP contribution < -0.4 is 0 Å². The van der Waals surface area contributed by atoms with Crippen LogP contribution in [0.1, 0.15) is 26.2 Å². The quantitative estimate of drug-likeness (QED) is 0.692. The number of rotatable bonds is 4. The Morgan fingerprint density at radius 2 is 2.46 bits per heavy atom. The predicted molar refractivity (Wildman–Crippen MR) is 57.8 cm³/mol. The molecule has 2 atom stereocenters. The standard InChI is InChI=1S/C10H18N2S/c1-3-9(4-6-11)12(2)10-5-7-13-8-10/h9-10H,3-5,7-8H2,1-2H3. The van der Waals surface area contributed by atoms with Crippen LogP contribution in [-0.2, 0) is 0 Å². The van der Waals surface area contributed by atoms with Crippen molar-refractivity contribution in [2.24, 2.45) is 0 Å². The Labute approximate surface area is 85.3 Å². The average molecular weight is 198 g/mol. The van der Waals surface area contributed by atoms with Gasteiger partial charge in [-0.25, -0.2) is 0 Å². The normalized spacial score (nSPS) is 24.6. The molecule has 1 heterocycles. The summed E-state index contributed by atoms with van der Waals surface area (Å²) in [4.78, 5) is 2.41. The van der Waals surface area contributed by atoms with Gasteiger partial charge in [-0.1, -0.05) is 6.92 Å². The van der Waals surface area contributed by atoms with E-state index >= 15 is 0 Å². The van der Waals surface area contributed by atoms with Gasteiger partial charge in [-0.3, -0.25) is 4.90 Å². The summed E-state index contributed by atoms with van der Waals surface area (Å²) < 4.78 is 0. The lowest BCUT2D eigenvalue weighted by atomic mass is 10.1. The highest BCUT2D eigenvalue weighted by molar-refractivity contribution is 7.99. The number of hydrogen-bond donors (Lipinski definition) is 0.